The summed E-state index contributed by atoms with van der Waals surface area (Å²) in [6.45, 7) is 9.96. The molecule has 0 amide bonds. The van der Waals surface area contributed by atoms with E-state index in [2.05, 4.69) is 61.3 Å². The SMILES string of the molecule is CC1=C[C@H]2[C@@]3(O)[C@H](C)C[C@]4(OC(=O)CCc5scnc5C)[C@H]([C@@H]3C=C(COC(c3ccccc3)(c3ccccc3)c3ccccc3)C[C@]2(O)C1=O)C4(C)C. The highest BCUT2D eigenvalue weighted by atomic mass is 32.1. The van der Waals surface area contributed by atoms with Crippen molar-refractivity contribution >= 4 is 23.1 Å². The number of aryl methyl sites for hydroxylation is 2. The second-order valence-electron chi connectivity index (χ2n) is 16.6. The van der Waals surface area contributed by atoms with Gasteiger partial charge in [0.15, 0.2) is 5.78 Å². The number of carbonyl (C=O) groups is 2. The van der Waals surface area contributed by atoms with Crippen molar-refractivity contribution in [1.82, 2.24) is 4.98 Å². The number of benzene rings is 3. The fraction of sp³-hybridized carbons (Fsp3) is 0.413. The van der Waals surface area contributed by atoms with Crippen molar-refractivity contribution in [1.29, 1.82) is 0 Å². The highest BCUT2D eigenvalue weighted by molar-refractivity contribution is 7.09. The summed E-state index contributed by atoms with van der Waals surface area (Å²) >= 11 is 1.55. The average Bonchev–Trinajstić information content (AvgIpc) is 3.35. The molecule has 0 aliphatic heterocycles. The van der Waals surface area contributed by atoms with E-state index in [0.29, 0.717) is 18.4 Å². The highest BCUT2D eigenvalue weighted by Crippen LogP contribution is 2.76. The van der Waals surface area contributed by atoms with Crippen LogP contribution in [0.15, 0.2) is 120 Å². The first-order valence-corrected chi connectivity index (χ1v) is 20.0. The summed E-state index contributed by atoms with van der Waals surface area (Å²) in [5, 5.41) is 25.7. The lowest BCUT2D eigenvalue weighted by molar-refractivity contribution is -0.187. The van der Waals surface area contributed by atoms with Crippen LogP contribution in [0.5, 0.6) is 0 Å². The first kappa shape index (κ1) is 36.8. The predicted molar refractivity (Wildman–Crippen MR) is 209 cm³/mol. The molecule has 54 heavy (non-hydrogen) atoms. The van der Waals surface area contributed by atoms with Gasteiger partial charge in [-0.05, 0) is 60.4 Å². The van der Waals surface area contributed by atoms with Gasteiger partial charge in [0.25, 0.3) is 0 Å². The van der Waals surface area contributed by atoms with Crippen molar-refractivity contribution in [2.45, 2.75) is 82.7 Å². The van der Waals surface area contributed by atoms with Gasteiger partial charge < -0.3 is 19.7 Å². The molecule has 0 bridgehead atoms. The van der Waals surface area contributed by atoms with E-state index >= 15 is 0 Å². The summed E-state index contributed by atoms with van der Waals surface area (Å²) in [5.41, 5.74) is 1.08. The zero-order valence-corrected chi connectivity index (χ0v) is 32.4. The minimum Gasteiger partial charge on any atom is -0.458 e. The number of hydrogen-bond acceptors (Lipinski definition) is 8. The Kier molecular flexibility index (Phi) is 9.00. The van der Waals surface area contributed by atoms with Crippen LogP contribution in [-0.4, -0.2) is 50.4 Å². The number of thiazole rings is 1. The molecule has 7 nitrogen and oxygen atoms in total. The maximum Gasteiger partial charge on any atom is 0.306 e. The van der Waals surface area contributed by atoms with Crippen LogP contribution in [0.2, 0.25) is 0 Å². The van der Waals surface area contributed by atoms with E-state index in [9.17, 15) is 19.8 Å². The molecule has 280 valence electrons. The molecule has 2 N–H and O–H groups in total. The molecule has 8 heteroatoms. The Bertz CT molecular complexity index is 2030. The molecule has 0 spiro atoms. The minimum absolute atomic E-state index is 0.0124. The van der Waals surface area contributed by atoms with Crippen molar-refractivity contribution in [2.24, 2.45) is 29.1 Å². The lowest BCUT2D eigenvalue weighted by atomic mass is 9.60. The Balaban J connectivity index is 1.20. The number of aliphatic hydroxyl groups is 2. The van der Waals surface area contributed by atoms with Gasteiger partial charge in [0.2, 0.25) is 0 Å². The van der Waals surface area contributed by atoms with Crippen molar-refractivity contribution in [3.63, 3.8) is 0 Å². The molecule has 7 atom stereocenters. The number of Topliss-reactive ketones (excluding diaryl/α,β-unsaturated/α-hetero) is 1. The molecular formula is C46H49NO6S. The second-order valence-corrected chi connectivity index (χ2v) is 17.5. The Morgan fingerprint density at radius 1 is 0.907 bits per heavy atom. The smallest absolute Gasteiger partial charge is 0.306 e. The summed E-state index contributed by atoms with van der Waals surface area (Å²) in [6, 6.07) is 30.3. The lowest BCUT2D eigenvalue weighted by Gasteiger charge is -2.50. The van der Waals surface area contributed by atoms with E-state index < -0.39 is 45.6 Å². The van der Waals surface area contributed by atoms with E-state index in [1.807, 2.05) is 68.4 Å². The molecule has 1 aromatic heterocycles. The highest BCUT2D eigenvalue weighted by Gasteiger charge is 2.83. The number of aromatic nitrogens is 1. The molecule has 0 saturated heterocycles. The van der Waals surface area contributed by atoms with Crippen LogP contribution in [0, 0.1) is 36.0 Å². The molecule has 4 aromatic rings. The van der Waals surface area contributed by atoms with Crippen molar-refractivity contribution in [3.05, 3.63) is 147 Å². The lowest BCUT2D eigenvalue weighted by Crippen LogP contribution is -2.61. The van der Waals surface area contributed by atoms with E-state index in [1.54, 1.807) is 29.8 Å². The van der Waals surface area contributed by atoms with Crippen LogP contribution in [0.1, 0.15) is 74.2 Å². The van der Waals surface area contributed by atoms with E-state index in [1.165, 1.54) is 0 Å². The van der Waals surface area contributed by atoms with Gasteiger partial charge in [0.05, 0.1) is 29.8 Å². The first-order valence-electron chi connectivity index (χ1n) is 19.1. The number of carbonyl (C=O) groups excluding carboxylic acids is 2. The number of rotatable bonds is 10. The van der Waals surface area contributed by atoms with Crippen LogP contribution < -0.4 is 0 Å². The van der Waals surface area contributed by atoms with Gasteiger partial charge in [-0.25, -0.2) is 4.98 Å². The molecular weight excluding hydrogens is 695 g/mol. The fourth-order valence-corrected chi connectivity index (χ4v) is 11.4. The third-order valence-electron chi connectivity index (χ3n) is 13.4. The topological polar surface area (TPSA) is 106 Å². The number of nitrogens with zero attached hydrogens (tertiary/aromatic N) is 1. The Hall–Kier alpha value is -4.21. The molecule has 2 saturated carbocycles. The summed E-state index contributed by atoms with van der Waals surface area (Å²) in [6.07, 6.45) is 5.10. The van der Waals surface area contributed by atoms with Crippen molar-refractivity contribution < 1.29 is 29.3 Å². The van der Waals surface area contributed by atoms with Gasteiger partial charge in [-0.3, -0.25) is 9.59 Å². The summed E-state index contributed by atoms with van der Waals surface area (Å²) in [5.74, 6) is -2.65. The monoisotopic (exact) mass is 743 g/mol. The first-order chi connectivity index (χ1) is 25.8. The molecule has 0 unspecified atom stereocenters. The predicted octanol–water partition coefficient (Wildman–Crippen LogP) is 7.92. The normalized spacial score (nSPS) is 31.0. The number of fused-ring (bicyclic) bond motifs is 5. The molecule has 3 aromatic carbocycles. The van der Waals surface area contributed by atoms with Crippen LogP contribution >= 0.6 is 11.3 Å². The number of hydrogen-bond donors (Lipinski definition) is 2. The van der Waals surface area contributed by atoms with Gasteiger partial charge in [-0.1, -0.05) is 124 Å². The van der Waals surface area contributed by atoms with E-state index in [4.69, 9.17) is 9.47 Å². The largest absolute Gasteiger partial charge is 0.458 e. The Morgan fingerprint density at radius 3 is 2.02 bits per heavy atom. The molecule has 4 aliphatic carbocycles. The number of esters is 1. The van der Waals surface area contributed by atoms with E-state index in [0.717, 1.165) is 32.8 Å². The maximum absolute atomic E-state index is 14.0. The van der Waals surface area contributed by atoms with Crippen LogP contribution in [0.3, 0.4) is 0 Å². The standard InChI is InChI=1S/C46H49NO6S/c1-29-23-38-43(50,41(29)49)26-32(27-52-46(33-15-9-6-10-16-33,34-17-11-7-12-18-34)35-19-13-8-14-20-35)24-36-40-42(4,5)44(40,25-30(2)45(36,38)51)53-39(48)22-21-37-31(3)47-28-54-37/h6-20,23-24,28,30,36,38,40,50-51H,21-22,25-27H2,1-5H3/t30-,36+,38-,40-,43-,44+,45-/m1/s1. The van der Waals surface area contributed by atoms with E-state index in [-0.39, 0.29) is 37.1 Å². The number of ketones is 1. The van der Waals surface area contributed by atoms with Gasteiger partial charge in [0, 0.05) is 34.5 Å². The van der Waals surface area contributed by atoms with Crippen LogP contribution in [0.4, 0.5) is 0 Å². The van der Waals surface area contributed by atoms with Crippen molar-refractivity contribution in [3.8, 4) is 0 Å². The molecule has 1 heterocycles. The Labute approximate surface area is 321 Å². The number of ether oxygens (including phenoxy) is 2. The van der Waals surface area contributed by atoms with Gasteiger partial charge in [-0.2, -0.15) is 0 Å². The Morgan fingerprint density at radius 2 is 1.48 bits per heavy atom. The zero-order valence-electron chi connectivity index (χ0n) is 31.6. The van der Waals surface area contributed by atoms with Gasteiger partial charge in [-0.15, -0.1) is 11.3 Å². The zero-order chi connectivity index (χ0) is 38.1. The fourth-order valence-electron chi connectivity index (χ4n) is 10.6. The van der Waals surface area contributed by atoms with Gasteiger partial charge in [0.1, 0.15) is 16.8 Å². The van der Waals surface area contributed by atoms with Crippen LogP contribution in [-0.2, 0) is 31.1 Å². The maximum atomic E-state index is 14.0. The van der Waals surface area contributed by atoms with Crippen molar-refractivity contribution in [2.75, 3.05) is 6.61 Å². The molecule has 8 rings (SSSR count). The summed E-state index contributed by atoms with van der Waals surface area (Å²) in [4.78, 5) is 33.0. The van der Waals surface area contributed by atoms with Crippen LogP contribution in [0.25, 0.3) is 0 Å². The average molecular weight is 744 g/mol. The minimum atomic E-state index is -1.85. The van der Waals surface area contributed by atoms with Gasteiger partial charge >= 0.3 is 5.97 Å². The third kappa shape index (κ3) is 5.43. The molecule has 2 fully saturated rings. The third-order valence-corrected chi connectivity index (χ3v) is 14.4. The molecule has 0 radical (unpaired) electrons. The quantitative estimate of drug-likeness (QED) is 0.0966. The molecule has 4 aliphatic rings. The summed E-state index contributed by atoms with van der Waals surface area (Å²) in [7, 11) is 0. The summed E-state index contributed by atoms with van der Waals surface area (Å²) < 4.78 is 13.8. The second kappa shape index (κ2) is 13.2.